The number of aryl methyl sites for hydroxylation is 1. The molecule has 3 aromatic heterocycles. The number of piperazine rings is 1. The highest BCUT2D eigenvalue weighted by molar-refractivity contribution is 5.87. The Hall–Kier alpha value is -3.98. The topological polar surface area (TPSA) is 89.6 Å². The number of hydrogen-bond acceptors (Lipinski definition) is 9. The molecule has 1 aromatic carbocycles. The van der Waals surface area contributed by atoms with Gasteiger partial charge >= 0.3 is 0 Å². The van der Waals surface area contributed by atoms with Gasteiger partial charge in [-0.05, 0) is 12.5 Å². The van der Waals surface area contributed by atoms with Crippen LogP contribution in [0, 0.1) is 12.3 Å². The smallest absolute Gasteiger partial charge is 0.254 e. The first-order chi connectivity index (χ1) is 19.7. The molecule has 3 saturated heterocycles. The fourth-order valence-corrected chi connectivity index (χ4v) is 5.93. The zero-order chi connectivity index (χ0) is 27.1. The number of aromatic nitrogens is 6. The summed E-state index contributed by atoms with van der Waals surface area (Å²) in [5.74, 6) is 5.00. The largest absolute Gasteiger partial charge is 0.378 e. The molecule has 4 aromatic rings. The zero-order valence-corrected chi connectivity index (χ0v) is 22.7. The highest BCUT2D eigenvalue weighted by Crippen LogP contribution is 2.32. The minimum Gasteiger partial charge on any atom is -0.378 e. The van der Waals surface area contributed by atoms with Crippen molar-refractivity contribution in [1.29, 1.82) is 0 Å². The third-order valence-electron chi connectivity index (χ3n) is 8.07. The van der Waals surface area contributed by atoms with Crippen LogP contribution in [0.15, 0.2) is 42.7 Å². The van der Waals surface area contributed by atoms with E-state index in [4.69, 9.17) is 30.8 Å². The molecule has 3 aliphatic heterocycles. The maximum absolute atomic E-state index is 5.95. The second-order valence-electron chi connectivity index (χ2n) is 10.4. The van der Waals surface area contributed by atoms with E-state index in [9.17, 15) is 0 Å². The van der Waals surface area contributed by atoms with Crippen molar-refractivity contribution in [2.24, 2.45) is 0 Å². The van der Waals surface area contributed by atoms with E-state index in [1.807, 2.05) is 30.6 Å². The summed E-state index contributed by atoms with van der Waals surface area (Å²) in [6, 6.07) is 10.3. The van der Waals surface area contributed by atoms with Crippen molar-refractivity contribution in [3.05, 3.63) is 42.7 Å². The van der Waals surface area contributed by atoms with Crippen LogP contribution in [0.4, 0.5) is 11.8 Å². The van der Waals surface area contributed by atoms with Crippen LogP contribution in [0.1, 0.15) is 6.92 Å². The first-order valence-corrected chi connectivity index (χ1v) is 14.0. The maximum Gasteiger partial charge on any atom is 0.254 e. The highest BCUT2D eigenvalue weighted by Gasteiger charge is 2.33. The maximum atomic E-state index is 5.95. The van der Waals surface area contributed by atoms with E-state index in [2.05, 4.69) is 49.3 Å². The molecule has 11 nitrogen and oxygen atoms in total. The van der Waals surface area contributed by atoms with Crippen molar-refractivity contribution in [3.8, 4) is 29.4 Å². The third-order valence-corrected chi connectivity index (χ3v) is 8.07. The predicted octanol–water partition coefficient (Wildman–Crippen LogP) is 2.06. The minimum atomic E-state index is -0.240. The average molecular weight is 540 g/mol. The lowest BCUT2D eigenvalue weighted by Gasteiger charge is -2.44. The van der Waals surface area contributed by atoms with Crippen molar-refractivity contribution >= 4 is 22.9 Å². The van der Waals surface area contributed by atoms with Gasteiger partial charge in [-0.3, -0.25) is 9.47 Å². The SMILES string of the molecule is C#C[C@H]1COCCN1c1nc(-n2cc(-c3ccccc3)cn2)nc2c1nc(N1CCN3CCOCC3C1)n2CC. The van der Waals surface area contributed by atoms with Gasteiger partial charge in [0, 0.05) is 51.0 Å². The molecule has 3 fully saturated rings. The first-order valence-electron chi connectivity index (χ1n) is 14.0. The summed E-state index contributed by atoms with van der Waals surface area (Å²) in [4.78, 5) is 22.3. The van der Waals surface area contributed by atoms with E-state index in [1.54, 1.807) is 4.68 Å². The molecular weight excluding hydrogens is 506 g/mol. The Bertz CT molecular complexity index is 1540. The Morgan fingerprint density at radius 1 is 0.975 bits per heavy atom. The van der Waals surface area contributed by atoms with Gasteiger partial charge in [0.05, 0.1) is 38.7 Å². The number of morpholine rings is 2. The van der Waals surface area contributed by atoms with Crippen LogP contribution in [-0.2, 0) is 16.0 Å². The fourth-order valence-electron chi connectivity index (χ4n) is 5.93. The van der Waals surface area contributed by atoms with E-state index in [-0.39, 0.29) is 6.04 Å². The van der Waals surface area contributed by atoms with Crippen molar-refractivity contribution in [3.63, 3.8) is 0 Å². The Labute approximate surface area is 233 Å². The van der Waals surface area contributed by atoms with Crippen LogP contribution in [0.25, 0.3) is 28.2 Å². The van der Waals surface area contributed by atoms with Crippen molar-refractivity contribution in [2.45, 2.75) is 25.6 Å². The van der Waals surface area contributed by atoms with Gasteiger partial charge in [-0.15, -0.1) is 6.42 Å². The van der Waals surface area contributed by atoms with E-state index in [1.165, 1.54) is 0 Å². The summed E-state index contributed by atoms with van der Waals surface area (Å²) >= 11 is 0. The molecule has 0 bridgehead atoms. The van der Waals surface area contributed by atoms with Crippen molar-refractivity contribution < 1.29 is 9.47 Å². The number of imidazole rings is 1. The van der Waals surface area contributed by atoms with Gasteiger partial charge in [-0.2, -0.15) is 15.1 Å². The number of rotatable bonds is 5. The van der Waals surface area contributed by atoms with E-state index in [0.717, 1.165) is 80.0 Å². The number of hydrogen-bond donors (Lipinski definition) is 0. The summed E-state index contributed by atoms with van der Waals surface area (Å²) in [6.07, 6.45) is 9.76. The minimum absolute atomic E-state index is 0.240. The number of ether oxygens (including phenoxy) is 2. The summed E-state index contributed by atoms with van der Waals surface area (Å²) in [6.45, 7) is 9.80. The average Bonchev–Trinajstić information content (AvgIpc) is 3.66. The second kappa shape index (κ2) is 10.5. The van der Waals surface area contributed by atoms with E-state index in [0.29, 0.717) is 31.7 Å². The normalized spacial score (nSPS) is 21.9. The van der Waals surface area contributed by atoms with Gasteiger partial charge < -0.3 is 19.3 Å². The van der Waals surface area contributed by atoms with E-state index < -0.39 is 0 Å². The van der Waals surface area contributed by atoms with Crippen molar-refractivity contribution in [2.75, 3.05) is 69.0 Å². The molecule has 2 atom stereocenters. The number of benzene rings is 1. The molecule has 1 unspecified atom stereocenters. The van der Waals surface area contributed by atoms with Gasteiger partial charge in [-0.1, -0.05) is 36.3 Å². The number of fused-ring (bicyclic) bond motifs is 2. The van der Waals surface area contributed by atoms with Crippen LogP contribution in [0.3, 0.4) is 0 Å². The molecule has 7 rings (SSSR count). The molecule has 0 saturated carbocycles. The monoisotopic (exact) mass is 539 g/mol. The van der Waals surface area contributed by atoms with Crippen LogP contribution >= 0.6 is 0 Å². The Morgan fingerprint density at radius 2 is 1.82 bits per heavy atom. The number of terminal acetylenes is 1. The molecule has 0 spiro atoms. The lowest BCUT2D eigenvalue weighted by atomic mass is 10.1. The summed E-state index contributed by atoms with van der Waals surface area (Å²) < 4.78 is 15.4. The van der Waals surface area contributed by atoms with Crippen LogP contribution in [0.5, 0.6) is 0 Å². The van der Waals surface area contributed by atoms with Crippen LogP contribution in [-0.4, -0.2) is 105 Å². The molecule has 0 N–H and O–H groups in total. The summed E-state index contributed by atoms with van der Waals surface area (Å²) in [5, 5.41) is 4.64. The van der Waals surface area contributed by atoms with Gasteiger partial charge in [-0.25, -0.2) is 9.67 Å². The van der Waals surface area contributed by atoms with Crippen LogP contribution < -0.4 is 9.80 Å². The Morgan fingerprint density at radius 3 is 2.67 bits per heavy atom. The fraction of sp³-hybridized carbons (Fsp3) is 0.448. The molecule has 11 heteroatoms. The van der Waals surface area contributed by atoms with Gasteiger partial charge in [0.15, 0.2) is 17.0 Å². The van der Waals surface area contributed by atoms with Gasteiger partial charge in [0.1, 0.15) is 6.04 Å². The molecule has 0 aliphatic carbocycles. The Kier molecular flexibility index (Phi) is 6.59. The number of nitrogens with zero attached hydrogens (tertiary/aromatic N) is 9. The molecular formula is C29H33N9O2. The third kappa shape index (κ3) is 4.38. The number of anilines is 2. The zero-order valence-electron chi connectivity index (χ0n) is 22.7. The lowest BCUT2D eigenvalue weighted by molar-refractivity contribution is -0.0119. The van der Waals surface area contributed by atoms with Crippen molar-refractivity contribution in [1.82, 2.24) is 34.2 Å². The molecule has 3 aliphatic rings. The van der Waals surface area contributed by atoms with Crippen LogP contribution in [0.2, 0.25) is 0 Å². The lowest BCUT2D eigenvalue weighted by Crippen LogP contribution is -2.58. The summed E-state index contributed by atoms with van der Waals surface area (Å²) in [5.41, 5.74) is 3.61. The van der Waals surface area contributed by atoms with E-state index >= 15 is 0 Å². The molecule has 40 heavy (non-hydrogen) atoms. The highest BCUT2D eigenvalue weighted by atomic mass is 16.5. The van der Waals surface area contributed by atoms with Gasteiger partial charge in [0.2, 0.25) is 5.95 Å². The molecule has 206 valence electrons. The Balaban J connectivity index is 1.35. The first kappa shape index (κ1) is 25.0. The quantitative estimate of drug-likeness (QED) is 0.354. The molecule has 0 radical (unpaired) electrons. The standard InChI is InChI=1S/C29H33N9O2/c1-3-23-19-40-15-13-37(23)27-25-26(32-28(33-27)38-17-22(16-30-38)21-8-6-5-7-9-21)36(4-2)29(31-25)35-11-10-34-12-14-39-20-24(34)18-35/h1,5-9,16-17,23-24H,4,10-15,18-20H2,2H3/t23-,24?/m0/s1. The second-order valence-corrected chi connectivity index (χ2v) is 10.4. The molecule has 6 heterocycles. The van der Waals surface area contributed by atoms with Gasteiger partial charge in [0.25, 0.3) is 5.95 Å². The summed E-state index contributed by atoms with van der Waals surface area (Å²) in [7, 11) is 0. The molecule has 0 amide bonds. The predicted molar refractivity (Wildman–Crippen MR) is 153 cm³/mol.